The van der Waals surface area contributed by atoms with Crippen molar-refractivity contribution < 1.29 is 19.4 Å². The Hall–Kier alpha value is -2.83. The first-order valence-electron chi connectivity index (χ1n) is 7.54. The van der Waals surface area contributed by atoms with E-state index in [1.165, 1.54) is 0 Å². The Morgan fingerprint density at radius 1 is 1.29 bits per heavy atom. The van der Waals surface area contributed by atoms with Crippen LogP contribution in [0.4, 0.5) is 4.79 Å². The van der Waals surface area contributed by atoms with E-state index in [4.69, 9.17) is 4.74 Å². The van der Waals surface area contributed by atoms with Crippen molar-refractivity contribution in [3.8, 4) is 5.69 Å². The number of carboxylic acids is 1. The van der Waals surface area contributed by atoms with Gasteiger partial charge in [0.15, 0.2) is 0 Å². The molecule has 7 heteroatoms. The first-order valence-corrected chi connectivity index (χ1v) is 7.54. The Kier molecular flexibility index (Phi) is 5.23. The number of alkyl carbamates (subject to hydrolysis) is 1. The number of carboxylic acid groups (broad SMARTS) is 1. The molecule has 128 valence electrons. The van der Waals surface area contributed by atoms with Gasteiger partial charge in [0.25, 0.3) is 0 Å². The van der Waals surface area contributed by atoms with E-state index in [1.54, 1.807) is 33.3 Å². The number of ether oxygens (including phenoxy) is 1. The SMILES string of the molecule is CC(C)(C)OC(=O)NC(Cc1ccc(-n2ccnc2)cc1)C(=O)O. The minimum absolute atomic E-state index is 0.165. The first kappa shape index (κ1) is 17.5. The lowest BCUT2D eigenvalue weighted by molar-refractivity contribution is -0.139. The zero-order chi connectivity index (χ0) is 17.7. The van der Waals surface area contributed by atoms with E-state index in [9.17, 15) is 14.7 Å². The molecule has 24 heavy (non-hydrogen) atoms. The number of benzene rings is 1. The normalized spacial score (nSPS) is 12.5. The third-order valence-electron chi connectivity index (χ3n) is 3.17. The molecule has 2 N–H and O–H groups in total. The Morgan fingerprint density at radius 3 is 2.46 bits per heavy atom. The molecule has 0 saturated heterocycles. The van der Waals surface area contributed by atoms with Crippen LogP contribution in [0.15, 0.2) is 43.0 Å². The molecule has 7 nitrogen and oxygen atoms in total. The summed E-state index contributed by atoms with van der Waals surface area (Å²) in [6.45, 7) is 5.16. The van der Waals surface area contributed by atoms with Crippen LogP contribution in [0.5, 0.6) is 0 Å². The number of aromatic nitrogens is 2. The van der Waals surface area contributed by atoms with Gasteiger partial charge in [-0.2, -0.15) is 0 Å². The predicted molar refractivity (Wildman–Crippen MR) is 88.1 cm³/mol. The van der Waals surface area contributed by atoms with Crippen LogP contribution in [0.3, 0.4) is 0 Å². The summed E-state index contributed by atoms with van der Waals surface area (Å²) < 4.78 is 6.95. The summed E-state index contributed by atoms with van der Waals surface area (Å²) in [5, 5.41) is 11.7. The monoisotopic (exact) mass is 331 g/mol. The summed E-state index contributed by atoms with van der Waals surface area (Å²) in [4.78, 5) is 27.1. The highest BCUT2D eigenvalue weighted by molar-refractivity contribution is 5.80. The molecule has 0 radical (unpaired) electrons. The number of amides is 1. The molecule has 1 aromatic carbocycles. The van der Waals surface area contributed by atoms with Gasteiger partial charge in [0.1, 0.15) is 11.6 Å². The van der Waals surface area contributed by atoms with E-state index in [0.717, 1.165) is 11.3 Å². The minimum atomic E-state index is -1.11. The lowest BCUT2D eigenvalue weighted by Crippen LogP contribution is -2.44. The Labute approximate surface area is 140 Å². The van der Waals surface area contributed by atoms with Crippen molar-refractivity contribution in [2.45, 2.75) is 38.8 Å². The molecule has 2 rings (SSSR count). The third kappa shape index (κ3) is 5.12. The second kappa shape index (κ2) is 7.16. The standard InChI is InChI=1S/C17H21N3O4/c1-17(2,3)24-16(23)19-14(15(21)22)10-12-4-6-13(7-5-12)20-9-8-18-11-20/h4-9,11,14H,10H2,1-3H3,(H,19,23)(H,21,22). The fourth-order valence-electron chi connectivity index (χ4n) is 2.10. The average molecular weight is 331 g/mol. The van der Waals surface area contributed by atoms with Crippen LogP contribution >= 0.6 is 0 Å². The molecule has 0 saturated carbocycles. The fraction of sp³-hybridized carbons (Fsp3) is 0.353. The predicted octanol–water partition coefficient (Wildman–Crippen LogP) is 2.39. The summed E-state index contributed by atoms with van der Waals surface area (Å²) in [5.74, 6) is -1.11. The number of hydrogen-bond acceptors (Lipinski definition) is 4. The van der Waals surface area contributed by atoms with Gasteiger partial charge in [-0.15, -0.1) is 0 Å². The van der Waals surface area contributed by atoms with E-state index in [0.29, 0.717) is 0 Å². The molecule has 0 fully saturated rings. The molecule has 0 bridgehead atoms. The van der Waals surface area contributed by atoms with Gasteiger partial charge >= 0.3 is 12.1 Å². The molecule has 1 unspecified atom stereocenters. The van der Waals surface area contributed by atoms with Crippen LogP contribution in [0, 0.1) is 0 Å². The van der Waals surface area contributed by atoms with Crippen LogP contribution in [0.2, 0.25) is 0 Å². The lowest BCUT2D eigenvalue weighted by atomic mass is 10.1. The van der Waals surface area contributed by atoms with Crippen molar-refractivity contribution in [1.29, 1.82) is 0 Å². The maximum absolute atomic E-state index is 11.8. The number of aliphatic carboxylic acids is 1. The molecular formula is C17H21N3O4. The van der Waals surface area contributed by atoms with Crippen LogP contribution in [0.1, 0.15) is 26.3 Å². The van der Waals surface area contributed by atoms with E-state index >= 15 is 0 Å². The van der Waals surface area contributed by atoms with Gasteiger partial charge in [0.05, 0.1) is 6.33 Å². The van der Waals surface area contributed by atoms with E-state index in [2.05, 4.69) is 10.3 Å². The van der Waals surface area contributed by atoms with Crippen LogP contribution in [0.25, 0.3) is 5.69 Å². The summed E-state index contributed by atoms with van der Waals surface area (Å²) in [6.07, 6.45) is 4.60. The van der Waals surface area contributed by atoms with Gasteiger partial charge in [-0.1, -0.05) is 12.1 Å². The van der Waals surface area contributed by atoms with Crippen molar-refractivity contribution in [3.63, 3.8) is 0 Å². The van der Waals surface area contributed by atoms with Crippen LogP contribution in [-0.2, 0) is 16.0 Å². The molecule has 1 atom stereocenters. The molecule has 2 aromatic rings. The molecule has 1 aromatic heterocycles. The summed E-state index contributed by atoms with van der Waals surface area (Å²) in [5.41, 5.74) is 1.03. The van der Waals surface area contributed by atoms with Gasteiger partial charge in [-0.05, 0) is 38.5 Å². The topological polar surface area (TPSA) is 93.5 Å². The van der Waals surface area contributed by atoms with Crippen molar-refractivity contribution in [2.75, 3.05) is 0 Å². The number of carbonyl (C=O) groups is 2. The smallest absolute Gasteiger partial charge is 0.408 e. The minimum Gasteiger partial charge on any atom is -0.480 e. The van der Waals surface area contributed by atoms with E-state index in [-0.39, 0.29) is 6.42 Å². The number of hydrogen-bond donors (Lipinski definition) is 2. The molecule has 1 heterocycles. The van der Waals surface area contributed by atoms with Crippen LogP contribution < -0.4 is 5.32 Å². The van der Waals surface area contributed by atoms with Crippen molar-refractivity contribution in [3.05, 3.63) is 48.5 Å². The second-order valence-corrected chi connectivity index (χ2v) is 6.38. The van der Waals surface area contributed by atoms with E-state index < -0.39 is 23.7 Å². The molecule has 0 aliphatic rings. The van der Waals surface area contributed by atoms with Crippen molar-refractivity contribution >= 4 is 12.1 Å². The maximum atomic E-state index is 11.8. The highest BCUT2D eigenvalue weighted by atomic mass is 16.6. The van der Waals surface area contributed by atoms with Crippen molar-refractivity contribution in [1.82, 2.24) is 14.9 Å². The highest BCUT2D eigenvalue weighted by Crippen LogP contribution is 2.12. The maximum Gasteiger partial charge on any atom is 0.408 e. The fourth-order valence-corrected chi connectivity index (χ4v) is 2.10. The number of imidazole rings is 1. The molecule has 0 aliphatic heterocycles. The van der Waals surface area contributed by atoms with Crippen molar-refractivity contribution in [2.24, 2.45) is 0 Å². The third-order valence-corrected chi connectivity index (χ3v) is 3.17. The van der Waals surface area contributed by atoms with E-state index in [1.807, 2.05) is 35.0 Å². The second-order valence-electron chi connectivity index (χ2n) is 6.38. The van der Waals surface area contributed by atoms with Gasteiger partial charge < -0.3 is 19.7 Å². The summed E-state index contributed by atoms with van der Waals surface area (Å²) >= 11 is 0. The molecule has 0 spiro atoms. The average Bonchev–Trinajstić information content (AvgIpc) is 2.99. The lowest BCUT2D eigenvalue weighted by Gasteiger charge is -2.22. The van der Waals surface area contributed by atoms with Gasteiger partial charge in [0, 0.05) is 24.5 Å². The van der Waals surface area contributed by atoms with Gasteiger partial charge in [-0.3, -0.25) is 0 Å². The Balaban J connectivity index is 2.02. The Morgan fingerprint density at radius 2 is 1.96 bits per heavy atom. The Bertz CT molecular complexity index is 688. The number of carbonyl (C=O) groups excluding carboxylic acids is 1. The van der Waals surface area contributed by atoms with Gasteiger partial charge in [0.2, 0.25) is 0 Å². The largest absolute Gasteiger partial charge is 0.480 e. The first-order chi connectivity index (χ1) is 11.2. The summed E-state index contributed by atoms with van der Waals surface area (Å²) in [6, 6.07) is 6.32. The highest BCUT2D eigenvalue weighted by Gasteiger charge is 2.24. The summed E-state index contributed by atoms with van der Waals surface area (Å²) in [7, 11) is 0. The zero-order valence-corrected chi connectivity index (χ0v) is 13.9. The number of nitrogens with zero attached hydrogens (tertiary/aromatic N) is 2. The quantitative estimate of drug-likeness (QED) is 0.877. The molecule has 1 amide bonds. The van der Waals surface area contributed by atoms with Gasteiger partial charge in [-0.25, -0.2) is 14.6 Å². The zero-order valence-electron chi connectivity index (χ0n) is 13.9. The van der Waals surface area contributed by atoms with Crippen LogP contribution in [-0.4, -0.2) is 38.4 Å². The number of nitrogens with one attached hydrogen (secondary N) is 1. The molecular weight excluding hydrogens is 310 g/mol. The molecule has 0 aliphatic carbocycles. The number of rotatable bonds is 5.